The molecule has 0 saturated carbocycles. The number of hydrogen-bond donors (Lipinski definition) is 0. The molecule has 0 N–H and O–H groups in total. The number of hydrogen-bond acceptors (Lipinski definition) is 10. The second-order valence-electron chi connectivity index (χ2n) is 5.95. The Morgan fingerprint density at radius 3 is 0.871 bits per heavy atom. The van der Waals surface area contributed by atoms with Crippen molar-refractivity contribution in [2.45, 2.75) is 85.5 Å². The summed E-state index contributed by atoms with van der Waals surface area (Å²) in [6, 6.07) is 0. The average molecular weight is 524 g/mol. The van der Waals surface area contributed by atoms with Crippen LogP contribution in [0.1, 0.15) is 85.5 Å². The van der Waals surface area contributed by atoms with Crippen molar-refractivity contribution in [1.29, 1.82) is 0 Å². The molecule has 10 nitrogen and oxygen atoms in total. The first-order valence-corrected chi connectivity index (χ1v) is 10.8. The number of carbonyl (C=O) groups is 6. The number of ketones is 3. The van der Waals surface area contributed by atoms with Crippen LogP contribution in [-0.2, 0) is 56.7 Å². The van der Waals surface area contributed by atoms with E-state index in [1.807, 2.05) is 27.7 Å². The summed E-state index contributed by atoms with van der Waals surface area (Å²) in [6.45, 7) is 8.32. The normalized spacial score (nSPS) is 8.84. The molecule has 0 saturated heterocycles. The average Bonchev–Trinajstić information content (AvgIpc) is 2.61. The number of aliphatic carboxylic acids is 3. The topological polar surface area (TPSA) is 181 Å². The summed E-state index contributed by atoms with van der Waals surface area (Å²) in [5.41, 5.74) is 0. The number of rotatable bonds is 13. The molecule has 0 fully saturated rings. The van der Waals surface area contributed by atoms with E-state index < -0.39 is 37.2 Å². The van der Waals surface area contributed by atoms with Gasteiger partial charge in [0.1, 0.15) is 17.3 Å². The van der Waals surface area contributed by atoms with E-state index in [0.717, 1.165) is 6.61 Å². The molecular formula is C20H32O10Zr. The summed E-state index contributed by atoms with van der Waals surface area (Å²) in [6.07, 6.45) is 1.82. The van der Waals surface area contributed by atoms with Crippen LogP contribution in [-0.4, -0.2) is 41.9 Å². The summed E-state index contributed by atoms with van der Waals surface area (Å²) in [5, 5.41) is 29.3. The predicted octanol–water partition coefficient (Wildman–Crippen LogP) is -1.03. The Morgan fingerprint density at radius 1 is 0.581 bits per heavy atom. The van der Waals surface area contributed by atoms with Crippen LogP contribution in [0.25, 0.3) is 0 Å². The van der Waals surface area contributed by atoms with Crippen LogP contribution in [0.2, 0.25) is 0 Å². The molecule has 11 heteroatoms. The van der Waals surface area contributed by atoms with Crippen molar-refractivity contribution in [1.82, 2.24) is 0 Å². The van der Waals surface area contributed by atoms with Crippen molar-refractivity contribution in [2.24, 2.45) is 0 Å². The van der Waals surface area contributed by atoms with Crippen molar-refractivity contribution in [3.63, 3.8) is 0 Å². The van der Waals surface area contributed by atoms with E-state index in [4.69, 9.17) is 0 Å². The fraction of sp³-hybridized carbons (Fsp3) is 0.700. The quantitative estimate of drug-likeness (QED) is 0.271. The molecule has 176 valence electrons. The van der Waals surface area contributed by atoms with Crippen molar-refractivity contribution >= 4 is 35.3 Å². The van der Waals surface area contributed by atoms with E-state index >= 15 is 0 Å². The zero-order chi connectivity index (χ0) is 25.2. The molecule has 0 spiro atoms. The molecule has 0 radical (unpaired) electrons. The van der Waals surface area contributed by atoms with Gasteiger partial charge in [-0.15, -0.1) is 0 Å². The molecule has 0 aliphatic heterocycles. The van der Waals surface area contributed by atoms with Crippen molar-refractivity contribution < 1.29 is 72.1 Å². The summed E-state index contributed by atoms with van der Waals surface area (Å²) < 4.78 is 4.63. The summed E-state index contributed by atoms with van der Waals surface area (Å²) in [4.78, 5) is 60.6. The maximum absolute atomic E-state index is 10.4. The van der Waals surface area contributed by atoms with E-state index in [9.17, 15) is 44.1 Å². The van der Waals surface area contributed by atoms with Gasteiger partial charge in [-0.05, 0) is 19.3 Å². The monoisotopic (exact) mass is 522 g/mol. The molecule has 31 heavy (non-hydrogen) atoms. The van der Waals surface area contributed by atoms with Gasteiger partial charge in [0, 0.05) is 56.4 Å². The third kappa shape index (κ3) is 47.5. The first-order chi connectivity index (χ1) is 14.4. The fourth-order valence-electron chi connectivity index (χ4n) is 1.58. The van der Waals surface area contributed by atoms with Crippen LogP contribution in [0.15, 0.2) is 0 Å². The second kappa shape index (κ2) is 28.3. The Kier molecular flexibility index (Phi) is 33.4. The first-order valence-electron chi connectivity index (χ1n) is 9.84. The van der Waals surface area contributed by atoms with Gasteiger partial charge in [-0.1, -0.05) is 20.8 Å². The molecule has 0 rings (SSSR count). The van der Waals surface area contributed by atoms with Crippen molar-refractivity contribution in [3.8, 4) is 0 Å². The van der Waals surface area contributed by atoms with Gasteiger partial charge < -0.3 is 29.7 Å². The second-order valence-corrected chi connectivity index (χ2v) is 6.65. The van der Waals surface area contributed by atoms with Gasteiger partial charge in [0.15, 0.2) is 0 Å². The van der Waals surface area contributed by atoms with E-state index in [1.165, 1.54) is 25.2 Å². The number of Topliss-reactive ketones (excluding diaryl/α,β-unsaturated/α-hetero) is 3. The molecule has 0 heterocycles. The van der Waals surface area contributed by atoms with Crippen LogP contribution in [0.4, 0.5) is 0 Å². The Bertz CT molecular complexity index is 459. The molecule has 0 aromatic rings. The SMILES string of the molecule is CCCC(=O)CC(=O)[O-].CCCC(=O)CC(=O)[O-].CCCC(=O)CC(=O)[O-].CC[O][Zr+3]. The Labute approximate surface area is 199 Å². The maximum atomic E-state index is 10.4. The van der Waals surface area contributed by atoms with Crippen LogP contribution in [0.3, 0.4) is 0 Å². The van der Waals surface area contributed by atoms with Crippen LogP contribution in [0, 0.1) is 0 Å². The predicted molar refractivity (Wildman–Crippen MR) is 100 cm³/mol. The Balaban J connectivity index is -0.000000162. The molecular weight excluding hydrogens is 491 g/mol. The summed E-state index contributed by atoms with van der Waals surface area (Å²) >= 11 is 1.17. The standard InChI is InChI=1S/3C6H10O3.C2H5O.Zr/c3*1-2-3-5(7)4-6(8)9;1-2-3;/h3*2-4H2,1H3,(H,8,9);2H2,1H3;/q;;;-1;+4/p-3. The van der Waals surface area contributed by atoms with E-state index in [1.54, 1.807) is 0 Å². The molecule has 0 bridgehead atoms. The Hall–Kier alpha value is -1.74. The van der Waals surface area contributed by atoms with Gasteiger partial charge >= 0.3 is 41.5 Å². The van der Waals surface area contributed by atoms with E-state index in [2.05, 4.69) is 2.81 Å². The van der Waals surface area contributed by atoms with Gasteiger partial charge in [-0.3, -0.25) is 14.4 Å². The van der Waals surface area contributed by atoms with Crippen LogP contribution >= 0.6 is 0 Å². The zero-order valence-corrected chi connectivity index (χ0v) is 21.1. The molecule has 0 aromatic carbocycles. The molecule has 0 unspecified atom stereocenters. The Morgan fingerprint density at radius 2 is 0.774 bits per heavy atom. The minimum atomic E-state index is -1.28. The fourth-order valence-corrected chi connectivity index (χ4v) is 1.58. The van der Waals surface area contributed by atoms with Crippen molar-refractivity contribution in [2.75, 3.05) is 6.61 Å². The molecule has 0 aliphatic carbocycles. The van der Waals surface area contributed by atoms with E-state index in [-0.39, 0.29) is 17.3 Å². The zero-order valence-electron chi connectivity index (χ0n) is 18.7. The third-order valence-corrected chi connectivity index (χ3v) is 3.46. The molecule has 0 atom stereocenters. The number of carboxylic acid groups (broad SMARTS) is 3. The third-order valence-electron chi connectivity index (χ3n) is 2.76. The molecule has 0 aliphatic rings. The minimum absolute atomic E-state index is 0.252. The van der Waals surface area contributed by atoms with Gasteiger partial charge in [0.2, 0.25) is 0 Å². The summed E-state index contributed by atoms with van der Waals surface area (Å²) in [5.74, 6) is -4.61. The van der Waals surface area contributed by atoms with Crippen molar-refractivity contribution in [3.05, 3.63) is 0 Å². The van der Waals surface area contributed by atoms with Gasteiger partial charge in [0.05, 0.1) is 0 Å². The molecule has 0 aromatic heterocycles. The van der Waals surface area contributed by atoms with E-state index in [0.29, 0.717) is 38.5 Å². The first kappa shape index (κ1) is 36.6. The number of carboxylic acids is 3. The van der Waals surface area contributed by atoms with Crippen LogP contribution < -0.4 is 15.3 Å². The van der Waals surface area contributed by atoms with Gasteiger partial charge in [0.25, 0.3) is 0 Å². The molecule has 0 amide bonds. The number of carbonyl (C=O) groups excluding carboxylic acids is 6. The van der Waals surface area contributed by atoms with Gasteiger partial charge in [-0.2, -0.15) is 0 Å². The van der Waals surface area contributed by atoms with Crippen LogP contribution in [0.5, 0.6) is 0 Å². The summed E-state index contributed by atoms with van der Waals surface area (Å²) in [7, 11) is 0. The van der Waals surface area contributed by atoms with Gasteiger partial charge in [-0.25, -0.2) is 0 Å².